The van der Waals surface area contributed by atoms with Gasteiger partial charge in [0.1, 0.15) is 0 Å². The van der Waals surface area contributed by atoms with Crippen LogP contribution in [0.5, 0.6) is 0 Å². The van der Waals surface area contributed by atoms with Crippen LogP contribution < -0.4 is 5.73 Å². The van der Waals surface area contributed by atoms with Gasteiger partial charge in [-0.05, 0) is 12.8 Å². The van der Waals surface area contributed by atoms with Crippen LogP contribution in [0.2, 0.25) is 0 Å². The molecule has 0 bridgehead atoms. The summed E-state index contributed by atoms with van der Waals surface area (Å²) in [5.41, 5.74) is 5.63. The lowest BCUT2D eigenvalue weighted by Crippen LogP contribution is -2.22. The lowest BCUT2D eigenvalue weighted by molar-refractivity contribution is 0.441. The largest absolute Gasteiger partial charge is 0.328 e. The second-order valence-electron chi connectivity index (χ2n) is 2.40. The Balaban J connectivity index is 0. The SMILES string of the molecule is Cl.NC1CCCCC1.[HH]. The minimum absolute atomic E-state index is 0. The molecule has 0 aromatic carbocycles. The van der Waals surface area contributed by atoms with E-state index in [4.69, 9.17) is 5.73 Å². The lowest BCUT2D eigenvalue weighted by Gasteiger charge is -2.15. The molecule has 52 valence electrons. The Morgan fingerprint density at radius 2 is 1.62 bits per heavy atom. The highest BCUT2D eigenvalue weighted by molar-refractivity contribution is 5.85. The molecule has 0 aromatic rings. The molecule has 1 aliphatic rings. The van der Waals surface area contributed by atoms with E-state index >= 15 is 0 Å². The van der Waals surface area contributed by atoms with Gasteiger partial charge in [0.25, 0.3) is 0 Å². The summed E-state index contributed by atoms with van der Waals surface area (Å²) in [7, 11) is 0. The highest BCUT2D eigenvalue weighted by Crippen LogP contribution is 2.14. The molecule has 2 heteroatoms. The molecular weight excluding hydrogens is 122 g/mol. The zero-order valence-electron chi connectivity index (χ0n) is 5.10. The number of hydrogen-bond donors (Lipinski definition) is 1. The maximum atomic E-state index is 5.63. The first kappa shape index (κ1) is 8.25. The third-order valence-electron chi connectivity index (χ3n) is 1.65. The van der Waals surface area contributed by atoms with Gasteiger partial charge in [-0.1, -0.05) is 19.3 Å². The van der Waals surface area contributed by atoms with Gasteiger partial charge in [0.2, 0.25) is 0 Å². The second kappa shape index (κ2) is 4.16. The van der Waals surface area contributed by atoms with Gasteiger partial charge in [0, 0.05) is 7.47 Å². The zero-order chi connectivity index (χ0) is 5.11. The fourth-order valence-corrected chi connectivity index (χ4v) is 1.13. The van der Waals surface area contributed by atoms with Gasteiger partial charge in [-0.15, -0.1) is 12.4 Å². The van der Waals surface area contributed by atoms with Crippen LogP contribution in [-0.2, 0) is 0 Å². The Morgan fingerprint density at radius 1 is 1.12 bits per heavy atom. The minimum atomic E-state index is 0. The molecule has 1 rings (SSSR count). The predicted octanol–water partition coefficient (Wildman–Crippen LogP) is 1.95. The molecule has 0 saturated heterocycles. The Bertz CT molecular complexity index is 55.0. The minimum Gasteiger partial charge on any atom is -0.328 e. The molecule has 0 aromatic heterocycles. The van der Waals surface area contributed by atoms with Gasteiger partial charge in [-0.25, -0.2) is 0 Å². The van der Waals surface area contributed by atoms with E-state index in [1.807, 2.05) is 0 Å². The van der Waals surface area contributed by atoms with Gasteiger partial charge in [0.15, 0.2) is 0 Å². The smallest absolute Gasteiger partial charge is 0.00388 e. The molecule has 8 heavy (non-hydrogen) atoms. The van der Waals surface area contributed by atoms with Crippen molar-refractivity contribution in [3.8, 4) is 0 Å². The third kappa shape index (κ3) is 2.53. The highest BCUT2D eigenvalue weighted by Gasteiger charge is 2.06. The zero-order valence-corrected chi connectivity index (χ0v) is 5.91. The summed E-state index contributed by atoms with van der Waals surface area (Å²) in [6.45, 7) is 0. The topological polar surface area (TPSA) is 26.0 Å². The van der Waals surface area contributed by atoms with E-state index in [9.17, 15) is 0 Å². The average molecular weight is 138 g/mol. The van der Waals surface area contributed by atoms with Crippen molar-refractivity contribution in [3.05, 3.63) is 0 Å². The van der Waals surface area contributed by atoms with E-state index in [0.717, 1.165) is 0 Å². The van der Waals surface area contributed by atoms with Gasteiger partial charge in [0.05, 0.1) is 0 Å². The summed E-state index contributed by atoms with van der Waals surface area (Å²) in [5, 5.41) is 0. The molecule has 0 aliphatic heterocycles. The van der Waals surface area contributed by atoms with E-state index in [2.05, 4.69) is 0 Å². The molecule has 0 spiro atoms. The molecular formula is C6H16ClN. The fraction of sp³-hybridized carbons (Fsp3) is 1.00. The summed E-state index contributed by atoms with van der Waals surface area (Å²) < 4.78 is 0. The normalized spacial score (nSPS) is 22.1. The van der Waals surface area contributed by atoms with Gasteiger partial charge in [-0.2, -0.15) is 0 Å². The molecule has 0 radical (unpaired) electrons. The molecule has 1 nitrogen and oxygen atoms in total. The van der Waals surface area contributed by atoms with E-state index in [1.165, 1.54) is 32.1 Å². The predicted molar refractivity (Wildman–Crippen MR) is 40.4 cm³/mol. The van der Waals surface area contributed by atoms with Crippen LogP contribution in [0.15, 0.2) is 0 Å². The fourth-order valence-electron chi connectivity index (χ4n) is 1.13. The molecule has 0 heterocycles. The van der Waals surface area contributed by atoms with Gasteiger partial charge < -0.3 is 5.73 Å². The summed E-state index contributed by atoms with van der Waals surface area (Å²) in [4.78, 5) is 0. The van der Waals surface area contributed by atoms with Crippen molar-refractivity contribution in [2.24, 2.45) is 5.73 Å². The Kier molecular flexibility index (Phi) is 4.29. The first-order chi connectivity index (χ1) is 3.39. The third-order valence-corrected chi connectivity index (χ3v) is 1.65. The first-order valence-corrected chi connectivity index (χ1v) is 3.15. The van der Waals surface area contributed by atoms with Gasteiger partial charge >= 0.3 is 0 Å². The van der Waals surface area contributed by atoms with Crippen LogP contribution in [0.25, 0.3) is 0 Å². The Labute approximate surface area is 58.5 Å². The van der Waals surface area contributed by atoms with Crippen LogP contribution in [0, 0.1) is 0 Å². The number of hydrogen-bond acceptors (Lipinski definition) is 1. The second-order valence-corrected chi connectivity index (χ2v) is 2.40. The van der Waals surface area contributed by atoms with Crippen molar-refractivity contribution in [1.29, 1.82) is 0 Å². The molecule has 1 aliphatic carbocycles. The van der Waals surface area contributed by atoms with E-state index in [0.29, 0.717) is 6.04 Å². The molecule has 1 fully saturated rings. The average Bonchev–Trinajstić information content (AvgIpc) is 1.69. The van der Waals surface area contributed by atoms with Crippen LogP contribution in [0.3, 0.4) is 0 Å². The van der Waals surface area contributed by atoms with Crippen molar-refractivity contribution in [3.63, 3.8) is 0 Å². The highest BCUT2D eigenvalue weighted by atomic mass is 35.5. The lowest BCUT2D eigenvalue weighted by atomic mass is 9.97. The Hall–Kier alpha value is 0.250. The standard InChI is InChI=1S/C6H13N.ClH.H2/c7-6-4-2-1-3-5-6;;/h6H,1-5,7H2;2*1H. The summed E-state index contributed by atoms with van der Waals surface area (Å²) >= 11 is 0. The monoisotopic (exact) mass is 137 g/mol. The van der Waals surface area contributed by atoms with Crippen molar-refractivity contribution in [2.75, 3.05) is 0 Å². The van der Waals surface area contributed by atoms with Crippen molar-refractivity contribution < 1.29 is 1.43 Å². The van der Waals surface area contributed by atoms with Crippen molar-refractivity contribution in [1.82, 2.24) is 0 Å². The van der Waals surface area contributed by atoms with E-state index in [-0.39, 0.29) is 13.8 Å². The quantitative estimate of drug-likeness (QED) is 0.543. The maximum Gasteiger partial charge on any atom is 0.00388 e. The summed E-state index contributed by atoms with van der Waals surface area (Å²) in [6.07, 6.45) is 6.66. The Morgan fingerprint density at radius 3 is 1.88 bits per heavy atom. The molecule has 1 saturated carbocycles. The van der Waals surface area contributed by atoms with Crippen LogP contribution in [0.1, 0.15) is 33.5 Å². The van der Waals surface area contributed by atoms with Gasteiger partial charge in [-0.3, -0.25) is 0 Å². The van der Waals surface area contributed by atoms with E-state index in [1.54, 1.807) is 0 Å². The van der Waals surface area contributed by atoms with Crippen LogP contribution in [0.4, 0.5) is 0 Å². The van der Waals surface area contributed by atoms with Crippen molar-refractivity contribution >= 4 is 12.4 Å². The number of halogens is 1. The molecule has 0 amide bonds. The summed E-state index contributed by atoms with van der Waals surface area (Å²) in [5.74, 6) is 0. The molecule has 0 atom stereocenters. The van der Waals surface area contributed by atoms with Crippen molar-refractivity contribution in [2.45, 2.75) is 38.1 Å². The maximum absolute atomic E-state index is 5.63. The number of rotatable bonds is 0. The van der Waals surface area contributed by atoms with E-state index < -0.39 is 0 Å². The van der Waals surface area contributed by atoms with Crippen LogP contribution >= 0.6 is 12.4 Å². The molecule has 2 N–H and O–H groups in total. The number of nitrogens with two attached hydrogens (primary N) is 1. The molecule has 0 unspecified atom stereocenters. The van der Waals surface area contributed by atoms with Crippen LogP contribution in [-0.4, -0.2) is 6.04 Å². The first-order valence-electron chi connectivity index (χ1n) is 3.15. The summed E-state index contributed by atoms with van der Waals surface area (Å²) in [6, 6.07) is 0.536.